The van der Waals surface area contributed by atoms with E-state index in [4.69, 9.17) is 19.4 Å². The maximum atomic E-state index is 13.3. The number of piperidine rings is 1. The van der Waals surface area contributed by atoms with Crippen LogP contribution in [-0.2, 0) is 11.2 Å². The average Bonchev–Trinajstić information content (AvgIpc) is 3.41. The van der Waals surface area contributed by atoms with Crippen LogP contribution in [0, 0.1) is 0 Å². The fourth-order valence-electron chi connectivity index (χ4n) is 5.26. The van der Waals surface area contributed by atoms with E-state index in [1.54, 1.807) is 19.5 Å². The van der Waals surface area contributed by atoms with Crippen LogP contribution in [0.4, 0.5) is 0 Å². The maximum Gasteiger partial charge on any atom is 0.263 e. The van der Waals surface area contributed by atoms with Gasteiger partial charge in [-0.1, -0.05) is 30.3 Å². The Bertz CT molecular complexity index is 1390. The molecule has 2 aliphatic rings. The van der Waals surface area contributed by atoms with Gasteiger partial charge in [0.25, 0.3) is 5.91 Å². The first-order valence-corrected chi connectivity index (χ1v) is 12.6. The van der Waals surface area contributed by atoms with E-state index in [0.717, 1.165) is 52.3 Å². The monoisotopic (exact) mass is 492 g/mol. The molecule has 0 spiro atoms. The summed E-state index contributed by atoms with van der Waals surface area (Å²) >= 11 is 0. The topological polar surface area (TPSA) is 77.4 Å². The summed E-state index contributed by atoms with van der Waals surface area (Å²) in [5.74, 6) is 2.57. The van der Waals surface area contributed by atoms with Crippen LogP contribution < -0.4 is 9.47 Å². The summed E-state index contributed by atoms with van der Waals surface area (Å²) in [4.78, 5) is 29.1. The highest BCUT2D eigenvalue weighted by Gasteiger charge is 2.35. The molecule has 7 nitrogen and oxygen atoms in total. The highest BCUT2D eigenvalue weighted by atomic mass is 16.5. The number of methoxy groups -OCH3 is 1. The summed E-state index contributed by atoms with van der Waals surface area (Å²) in [6.07, 6.45) is 7.27. The second-order valence-electron chi connectivity index (χ2n) is 9.48. The Balaban J connectivity index is 1.25. The Morgan fingerprint density at radius 3 is 2.59 bits per heavy atom. The van der Waals surface area contributed by atoms with Gasteiger partial charge < -0.3 is 14.4 Å². The summed E-state index contributed by atoms with van der Waals surface area (Å²) in [5.41, 5.74) is 5.05. The van der Waals surface area contributed by atoms with Crippen molar-refractivity contribution in [3.05, 3.63) is 90.5 Å². The van der Waals surface area contributed by atoms with Gasteiger partial charge in [-0.15, -0.1) is 0 Å². The first-order valence-electron chi connectivity index (χ1n) is 12.6. The van der Waals surface area contributed by atoms with E-state index < -0.39 is 6.10 Å². The molecule has 4 aromatic rings. The predicted octanol–water partition coefficient (Wildman–Crippen LogP) is 4.92. The summed E-state index contributed by atoms with van der Waals surface area (Å²) in [6.45, 7) is 1.34. The highest BCUT2D eigenvalue weighted by molar-refractivity contribution is 5.83. The minimum atomic E-state index is -0.432. The number of para-hydroxylation sites is 1. The van der Waals surface area contributed by atoms with E-state index in [9.17, 15) is 4.79 Å². The number of benzene rings is 2. The molecule has 0 bridgehead atoms. The summed E-state index contributed by atoms with van der Waals surface area (Å²) in [6, 6.07) is 19.7. The number of carbonyl (C=O) groups excluding carboxylic acids is 1. The van der Waals surface area contributed by atoms with Gasteiger partial charge >= 0.3 is 0 Å². The van der Waals surface area contributed by atoms with Crippen molar-refractivity contribution in [3.63, 3.8) is 0 Å². The van der Waals surface area contributed by atoms with Gasteiger partial charge in [0.2, 0.25) is 0 Å². The Morgan fingerprint density at radius 1 is 1.00 bits per heavy atom. The molecule has 2 aliphatic heterocycles. The zero-order valence-corrected chi connectivity index (χ0v) is 20.7. The molecule has 37 heavy (non-hydrogen) atoms. The number of nitrogens with zero attached hydrogens (tertiary/aromatic N) is 4. The molecule has 1 amide bonds. The van der Waals surface area contributed by atoms with Crippen molar-refractivity contribution in [2.45, 2.75) is 31.3 Å². The molecule has 4 heterocycles. The van der Waals surface area contributed by atoms with Gasteiger partial charge in [-0.25, -0.2) is 9.97 Å². The molecule has 0 aliphatic carbocycles. The van der Waals surface area contributed by atoms with Gasteiger partial charge in [0.1, 0.15) is 11.5 Å². The maximum absolute atomic E-state index is 13.3. The van der Waals surface area contributed by atoms with E-state index in [0.29, 0.717) is 25.3 Å². The van der Waals surface area contributed by atoms with Gasteiger partial charge in [0, 0.05) is 55.1 Å². The number of carbonyl (C=O) groups is 1. The largest absolute Gasteiger partial charge is 0.497 e. The third-order valence-electron chi connectivity index (χ3n) is 7.25. The van der Waals surface area contributed by atoms with Gasteiger partial charge in [0.15, 0.2) is 11.9 Å². The SMILES string of the molecule is COc1cccc(-c2cnc(-c3ccncc3)nc2C2CCN(C(=O)C3Cc4ccccc4O3)CC2)c1. The van der Waals surface area contributed by atoms with E-state index in [1.165, 1.54) is 0 Å². The molecular weight excluding hydrogens is 464 g/mol. The average molecular weight is 493 g/mol. The standard InChI is InChI=1S/C30H28N4O3/c1-36-24-7-4-6-22(17-24)25-19-32-29(21-9-13-31-14-10-21)33-28(25)20-11-15-34(16-12-20)30(35)27-18-23-5-2-3-8-26(23)37-27/h2-10,13-14,17,19-20,27H,11-12,15-16,18H2,1H3. The lowest BCUT2D eigenvalue weighted by atomic mass is 9.88. The van der Waals surface area contributed by atoms with Crippen molar-refractivity contribution in [3.8, 4) is 34.0 Å². The van der Waals surface area contributed by atoms with Crippen molar-refractivity contribution < 1.29 is 14.3 Å². The number of hydrogen-bond donors (Lipinski definition) is 0. The smallest absolute Gasteiger partial charge is 0.263 e. The molecule has 1 atom stereocenters. The van der Waals surface area contributed by atoms with E-state index >= 15 is 0 Å². The number of aromatic nitrogens is 3. The van der Waals surface area contributed by atoms with Gasteiger partial charge in [-0.05, 0) is 54.3 Å². The molecule has 0 N–H and O–H groups in total. The zero-order valence-electron chi connectivity index (χ0n) is 20.7. The summed E-state index contributed by atoms with van der Waals surface area (Å²) < 4.78 is 11.4. The Kier molecular flexibility index (Phi) is 6.26. The molecule has 7 heteroatoms. The lowest BCUT2D eigenvalue weighted by Gasteiger charge is -2.33. The van der Waals surface area contributed by atoms with Crippen LogP contribution in [-0.4, -0.2) is 52.1 Å². The summed E-state index contributed by atoms with van der Waals surface area (Å²) in [5, 5.41) is 0. The molecule has 2 aromatic heterocycles. The van der Waals surface area contributed by atoms with Gasteiger partial charge in [-0.3, -0.25) is 9.78 Å². The number of fused-ring (bicyclic) bond motifs is 1. The minimum absolute atomic E-state index is 0.0721. The molecule has 1 saturated heterocycles. The normalized spacial score (nSPS) is 17.2. The fourth-order valence-corrected chi connectivity index (χ4v) is 5.26. The number of hydrogen-bond acceptors (Lipinski definition) is 6. The van der Waals surface area contributed by atoms with Crippen molar-refractivity contribution in [2.75, 3.05) is 20.2 Å². The lowest BCUT2D eigenvalue weighted by molar-refractivity contribution is -0.139. The molecule has 0 saturated carbocycles. The molecule has 1 unspecified atom stereocenters. The van der Waals surface area contributed by atoms with Crippen LogP contribution >= 0.6 is 0 Å². The highest BCUT2D eigenvalue weighted by Crippen LogP contribution is 2.37. The molecule has 6 rings (SSSR count). The van der Waals surface area contributed by atoms with Gasteiger partial charge in [-0.2, -0.15) is 0 Å². The Morgan fingerprint density at radius 2 is 1.81 bits per heavy atom. The Hall–Kier alpha value is -4.26. The second kappa shape index (κ2) is 10.0. The van der Waals surface area contributed by atoms with Crippen LogP contribution in [0.1, 0.15) is 30.0 Å². The quantitative estimate of drug-likeness (QED) is 0.393. The fraction of sp³-hybridized carbons (Fsp3) is 0.267. The van der Waals surface area contributed by atoms with Crippen molar-refractivity contribution in [1.82, 2.24) is 19.9 Å². The third kappa shape index (κ3) is 4.65. The van der Waals surface area contributed by atoms with Crippen LogP contribution in [0.15, 0.2) is 79.3 Å². The number of amides is 1. The van der Waals surface area contributed by atoms with E-state index in [2.05, 4.69) is 11.1 Å². The molecule has 0 radical (unpaired) electrons. The van der Waals surface area contributed by atoms with Crippen LogP contribution in [0.3, 0.4) is 0 Å². The molecule has 186 valence electrons. The number of pyridine rings is 1. The van der Waals surface area contributed by atoms with E-state index in [-0.39, 0.29) is 11.8 Å². The van der Waals surface area contributed by atoms with E-state index in [1.807, 2.05) is 65.7 Å². The number of likely N-dealkylation sites (tertiary alicyclic amines) is 1. The number of ether oxygens (including phenoxy) is 2. The van der Waals surface area contributed by atoms with Crippen molar-refractivity contribution in [2.24, 2.45) is 0 Å². The van der Waals surface area contributed by atoms with Crippen LogP contribution in [0.25, 0.3) is 22.5 Å². The van der Waals surface area contributed by atoms with Gasteiger partial charge in [0.05, 0.1) is 12.8 Å². The predicted molar refractivity (Wildman–Crippen MR) is 140 cm³/mol. The molecule has 2 aromatic carbocycles. The number of rotatable bonds is 5. The molecular formula is C30H28N4O3. The van der Waals surface area contributed by atoms with Crippen molar-refractivity contribution in [1.29, 1.82) is 0 Å². The van der Waals surface area contributed by atoms with Crippen molar-refractivity contribution >= 4 is 5.91 Å². The molecule has 1 fully saturated rings. The summed E-state index contributed by atoms with van der Waals surface area (Å²) in [7, 11) is 1.67. The lowest BCUT2D eigenvalue weighted by Crippen LogP contribution is -2.45. The third-order valence-corrected chi connectivity index (χ3v) is 7.25. The van der Waals surface area contributed by atoms with Crippen LogP contribution in [0.5, 0.6) is 11.5 Å². The second-order valence-corrected chi connectivity index (χ2v) is 9.48. The first kappa shape index (κ1) is 23.2. The first-order chi connectivity index (χ1) is 18.2. The van der Waals surface area contributed by atoms with Crippen LogP contribution in [0.2, 0.25) is 0 Å². The minimum Gasteiger partial charge on any atom is -0.497 e. The zero-order chi connectivity index (χ0) is 25.2. The Labute approximate surface area is 216 Å².